The van der Waals surface area contributed by atoms with Crippen molar-refractivity contribution < 1.29 is 0 Å². The molecule has 1 unspecified atom stereocenters. The third-order valence-electron chi connectivity index (χ3n) is 4.66. The Morgan fingerprint density at radius 1 is 1.24 bits per heavy atom. The van der Waals surface area contributed by atoms with Gasteiger partial charge < -0.3 is 5.23 Å². The number of hydrogen-bond acceptors (Lipinski definition) is 2. The summed E-state index contributed by atoms with van der Waals surface area (Å²) in [6, 6.07) is 10.7. The molecule has 1 aromatic carbocycles. The quantitative estimate of drug-likeness (QED) is 0.789. The van der Waals surface area contributed by atoms with Gasteiger partial charge in [-0.2, -0.15) is 0 Å². The Bertz CT molecular complexity index is 402. The lowest BCUT2D eigenvalue weighted by Gasteiger charge is -2.31. The van der Waals surface area contributed by atoms with E-state index >= 15 is 0 Å². The third-order valence-corrected chi connectivity index (χ3v) is 4.66. The molecule has 88 valence electrons. The molecule has 1 aliphatic heterocycles. The molecular weight excluding hydrogens is 207 g/mol. The molecule has 1 spiro atoms. The first-order valence-corrected chi connectivity index (χ1v) is 6.42. The molecule has 0 amide bonds. The summed E-state index contributed by atoms with van der Waals surface area (Å²) in [5.41, 5.74) is 1.93. The maximum atomic E-state index is 5.76. The average Bonchev–Trinajstić information content (AvgIpc) is 3.05. The summed E-state index contributed by atoms with van der Waals surface area (Å²) in [6.45, 7) is 5.55. The van der Waals surface area contributed by atoms with Gasteiger partial charge in [0.25, 0.3) is 0 Å². The molecule has 3 rings (SSSR count). The number of hydrogen-bond donors (Lipinski definition) is 1. The second kappa shape index (κ2) is 3.86. The number of benzene rings is 1. The van der Waals surface area contributed by atoms with Crippen molar-refractivity contribution in [1.82, 2.24) is 10.1 Å². The molecule has 2 radical (unpaired) electrons. The molecular formula is C14H19BN2. The zero-order valence-electron chi connectivity index (χ0n) is 10.4. The fourth-order valence-corrected chi connectivity index (χ4v) is 3.29. The Labute approximate surface area is 105 Å². The second-order valence-electron chi connectivity index (χ2n) is 5.89. The van der Waals surface area contributed by atoms with Crippen LogP contribution < -0.4 is 5.23 Å². The molecule has 2 fully saturated rings. The predicted octanol–water partition coefficient (Wildman–Crippen LogP) is 1.71. The molecule has 0 aromatic heterocycles. The summed E-state index contributed by atoms with van der Waals surface area (Å²) < 4.78 is 0. The highest BCUT2D eigenvalue weighted by molar-refractivity contribution is 6.05. The van der Waals surface area contributed by atoms with E-state index in [4.69, 9.17) is 7.98 Å². The van der Waals surface area contributed by atoms with E-state index in [0.717, 1.165) is 13.1 Å². The van der Waals surface area contributed by atoms with Gasteiger partial charge in [0.15, 0.2) is 7.98 Å². The van der Waals surface area contributed by atoms with E-state index in [1.165, 1.54) is 24.9 Å². The highest BCUT2D eigenvalue weighted by Gasteiger charge is 2.60. The molecule has 3 heteroatoms. The molecule has 1 heterocycles. The van der Waals surface area contributed by atoms with Crippen LogP contribution in [0.25, 0.3) is 0 Å². The molecule has 17 heavy (non-hydrogen) atoms. The molecule has 1 saturated carbocycles. The largest absolute Gasteiger partial charge is 0.360 e. The van der Waals surface area contributed by atoms with Crippen LogP contribution in [0.1, 0.15) is 25.3 Å². The highest BCUT2D eigenvalue weighted by Crippen LogP contribution is 2.58. The monoisotopic (exact) mass is 226 g/mol. The Morgan fingerprint density at radius 2 is 1.94 bits per heavy atom. The van der Waals surface area contributed by atoms with Gasteiger partial charge in [-0.1, -0.05) is 30.3 Å². The minimum Gasteiger partial charge on any atom is -0.360 e. The summed E-state index contributed by atoms with van der Waals surface area (Å²) in [6.07, 6.45) is 2.64. The summed E-state index contributed by atoms with van der Waals surface area (Å²) in [7, 11) is 5.76. The highest BCUT2D eigenvalue weighted by atomic mass is 15.2. The summed E-state index contributed by atoms with van der Waals surface area (Å²) in [5.74, 6) is 0. The zero-order chi connectivity index (χ0) is 11.9. The topological polar surface area (TPSA) is 15.3 Å². The number of likely N-dealkylation sites (tertiary alicyclic amines) is 1. The minimum atomic E-state index is 0.0990. The number of nitrogens with one attached hydrogen (secondary N) is 1. The van der Waals surface area contributed by atoms with Gasteiger partial charge >= 0.3 is 0 Å². The SMILES string of the molecule is [B]NC1(C)CN(Cc2ccccc2)CC12CC2. The van der Waals surface area contributed by atoms with Crippen LogP contribution in [0.2, 0.25) is 0 Å². The Balaban J connectivity index is 1.72. The first kappa shape index (κ1) is 11.3. The van der Waals surface area contributed by atoms with Crippen LogP contribution in [0.15, 0.2) is 30.3 Å². The van der Waals surface area contributed by atoms with Crippen molar-refractivity contribution in [2.45, 2.75) is 31.8 Å². The predicted molar refractivity (Wildman–Crippen MR) is 70.7 cm³/mol. The number of rotatable bonds is 3. The van der Waals surface area contributed by atoms with E-state index < -0.39 is 0 Å². The Kier molecular flexibility index (Phi) is 2.56. The first-order chi connectivity index (χ1) is 8.17. The van der Waals surface area contributed by atoms with Crippen LogP contribution in [0.3, 0.4) is 0 Å². The molecule has 2 aliphatic rings. The van der Waals surface area contributed by atoms with Crippen LogP contribution in [-0.2, 0) is 6.54 Å². The van der Waals surface area contributed by atoms with Crippen molar-refractivity contribution in [2.75, 3.05) is 13.1 Å². The van der Waals surface area contributed by atoms with Crippen LogP contribution in [-0.4, -0.2) is 31.5 Å². The van der Waals surface area contributed by atoms with Gasteiger partial charge in [-0.25, -0.2) is 0 Å². The zero-order valence-corrected chi connectivity index (χ0v) is 10.4. The molecule has 1 saturated heterocycles. The Hall–Kier alpha value is -0.795. The molecule has 0 bridgehead atoms. The van der Waals surface area contributed by atoms with Crippen LogP contribution in [0.5, 0.6) is 0 Å². The third kappa shape index (κ3) is 1.82. The molecule has 1 aromatic rings. The van der Waals surface area contributed by atoms with Crippen molar-refractivity contribution in [1.29, 1.82) is 0 Å². The molecule has 1 aliphatic carbocycles. The fraction of sp³-hybridized carbons (Fsp3) is 0.571. The van der Waals surface area contributed by atoms with Gasteiger partial charge in [-0.05, 0) is 25.3 Å². The van der Waals surface area contributed by atoms with Gasteiger partial charge in [0.1, 0.15) is 0 Å². The van der Waals surface area contributed by atoms with Crippen LogP contribution in [0, 0.1) is 5.41 Å². The van der Waals surface area contributed by atoms with Gasteiger partial charge in [-0.15, -0.1) is 0 Å². The minimum absolute atomic E-state index is 0.0990. The van der Waals surface area contributed by atoms with E-state index in [9.17, 15) is 0 Å². The lowest BCUT2D eigenvalue weighted by atomic mass is 9.84. The van der Waals surface area contributed by atoms with Crippen molar-refractivity contribution in [3.63, 3.8) is 0 Å². The summed E-state index contributed by atoms with van der Waals surface area (Å²) >= 11 is 0. The van der Waals surface area contributed by atoms with E-state index in [2.05, 4.69) is 47.4 Å². The number of nitrogens with zero attached hydrogens (tertiary/aromatic N) is 1. The second-order valence-corrected chi connectivity index (χ2v) is 5.89. The smallest absolute Gasteiger partial charge is 0.178 e. The van der Waals surface area contributed by atoms with Gasteiger partial charge in [0, 0.05) is 30.6 Å². The van der Waals surface area contributed by atoms with Crippen molar-refractivity contribution in [3.8, 4) is 0 Å². The van der Waals surface area contributed by atoms with Gasteiger partial charge in [0.2, 0.25) is 0 Å². The first-order valence-electron chi connectivity index (χ1n) is 6.42. The maximum Gasteiger partial charge on any atom is 0.178 e. The van der Waals surface area contributed by atoms with Crippen LogP contribution in [0.4, 0.5) is 0 Å². The lowest BCUT2D eigenvalue weighted by molar-refractivity contribution is 0.303. The van der Waals surface area contributed by atoms with E-state index in [-0.39, 0.29) is 5.54 Å². The molecule has 1 N–H and O–H groups in total. The standard InChI is InChI=1S/C14H19BN2/c1-13(16-15)10-17(11-14(13)7-8-14)9-12-5-3-2-4-6-12/h2-6,16H,7-11H2,1H3. The summed E-state index contributed by atoms with van der Waals surface area (Å²) in [4.78, 5) is 2.53. The normalized spacial score (nSPS) is 30.9. The van der Waals surface area contributed by atoms with Crippen molar-refractivity contribution in [2.24, 2.45) is 5.41 Å². The van der Waals surface area contributed by atoms with E-state index in [0.29, 0.717) is 5.41 Å². The van der Waals surface area contributed by atoms with Crippen LogP contribution >= 0.6 is 0 Å². The summed E-state index contributed by atoms with van der Waals surface area (Å²) in [5, 5.41) is 3.07. The molecule has 1 atom stereocenters. The maximum absolute atomic E-state index is 5.76. The average molecular weight is 226 g/mol. The lowest BCUT2D eigenvalue weighted by Crippen LogP contribution is -2.49. The van der Waals surface area contributed by atoms with Crippen molar-refractivity contribution >= 4 is 7.98 Å². The Morgan fingerprint density at radius 3 is 2.47 bits per heavy atom. The van der Waals surface area contributed by atoms with Crippen molar-refractivity contribution in [3.05, 3.63) is 35.9 Å². The molecule has 2 nitrogen and oxygen atoms in total. The van der Waals surface area contributed by atoms with E-state index in [1.54, 1.807) is 0 Å². The van der Waals surface area contributed by atoms with Gasteiger partial charge in [-0.3, -0.25) is 4.90 Å². The van der Waals surface area contributed by atoms with E-state index in [1.807, 2.05) is 0 Å². The fourth-order valence-electron chi connectivity index (χ4n) is 3.29. The van der Waals surface area contributed by atoms with Gasteiger partial charge in [0.05, 0.1) is 0 Å².